The molecule has 1 heterocycles. The normalized spacial score (nSPS) is 12.2. The van der Waals surface area contributed by atoms with Crippen LogP contribution in [0.15, 0.2) is 22.7 Å². The van der Waals surface area contributed by atoms with E-state index in [9.17, 15) is 0 Å². The quantitative estimate of drug-likeness (QED) is 0.422. The summed E-state index contributed by atoms with van der Waals surface area (Å²) in [6.07, 6.45) is 5.10. The number of aromatic nitrogens is 2. The Kier molecular flexibility index (Phi) is 5.73. The van der Waals surface area contributed by atoms with Crippen LogP contribution in [-0.4, -0.2) is 9.55 Å². The number of unbranched alkanes of at least 4 members (excludes halogenated alkanes) is 2. The molecule has 0 aliphatic carbocycles. The standard InChI is InChI=1S/C17H24BrClN2/c1-4-5-6-9-17(2,3)12-21-15-10-13(18)7-8-14(15)20-16(21)11-19/h7-8,10H,4-6,9,11-12H2,1-3H3. The summed E-state index contributed by atoms with van der Waals surface area (Å²) in [6.45, 7) is 7.89. The van der Waals surface area contributed by atoms with Crippen LogP contribution in [0.1, 0.15) is 52.3 Å². The van der Waals surface area contributed by atoms with Crippen molar-refractivity contribution in [2.45, 2.75) is 58.9 Å². The zero-order valence-electron chi connectivity index (χ0n) is 13.1. The SMILES string of the molecule is CCCCCC(C)(C)Cn1c(CCl)nc2ccc(Br)cc21. The third-order valence-corrected chi connectivity index (χ3v) is 4.68. The van der Waals surface area contributed by atoms with Gasteiger partial charge in [-0.2, -0.15) is 0 Å². The average molecular weight is 372 g/mol. The van der Waals surface area contributed by atoms with Crippen LogP contribution in [0, 0.1) is 5.41 Å². The van der Waals surface area contributed by atoms with E-state index in [1.807, 2.05) is 6.07 Å². The zero-order valence-corrected chi connectivity index (χ0v) is 15.5. The van der Waals surface area contributed by atoms with E-state index in [4.69, 9.17) is 11.6 Å². The van der Waals surface area contributed by atoms with Crippen LogP contribution in [0.2, 0.25) is 0 Å². The molecule has 2 aromatic rings. The van der Waals surface area contributed by atoms with Crippen molar-refractivity contribution in [1.82, 2.24) is 9.55 Å². The summed E-state index contributed by atoms with van der Waals surface area (Å²) in [4.78, 5) is 4.66. The van der Waals surface area contributed by atoms with Crippen molar-refractivity contribution in [3.8, 4) is 0 Å². The lowest BCUT2D eigenvalue weighted by Gasteiger charge is -2.26. The first-order valence-corrected chi connectivity index (χ1v) is 9.00. The molecule has 0 saturated carbocycles. The van der Waals surface area contributed by atoms with Gasteiger partial charge in [0.05, 0.1) is 16.9 Å². The van der Waals surface area contributed by atoms with Gasteiger partial charge in [-0.3, -0.25) is 0 Å². The van der Waals surface area contributed by atoms with Crippen LogP contribution >= 0.6 is 27.5 Å². The molecule has 1 aromatic heterocycles. The van der Waals surface area contributed by atoms with Crippen molar-refractivity contribution in [1.29, 1.82) is 0 Å². The third kappa shape index (κ3) is 4.23. The smallest absolute Gasteiger partial charge is 0.124 e. The fraction of sp³-hybridized carbons (Fsp3) is 0.588. The van der Waals surface area contributed by atoms with E-state index >= 15 is 0 Å². The maximum atomic E-state index is 6.10. The number of fused-ring (bicyclic) bond motifs is 1. The highest BCUT2D eigenvalue weighted by Crippen LogP contribution is 2.30. The van der Waals surface area contributed by atoms with Gasteiger partial charge in [-0.1, -0.05) is 56.0 Å². The number of halogens is 2. The van der Waals surface area contributed by atoms with Crippen molar-refractivity contribution in [2.75, 3.05) is 0 Å². The topological polar surface area (TPSA) is 17.8 Å². The molecule has 2 rings (SSSR count). The Bertz CT molecular complexity index is 604. The van der Waals surface area contributed by atoms with Crippen LogP contribution in [0.3, 0.4) is 0 Å². The molecule has 1 aromatic carbocycles. The number of nitrogens with zero attached hydrogens (tertiary/aromatic N) is 2. The first kappa shape index (κ1) is 16.8. The van der Waals surface area contributed by atoms with E-state index in [0.29, 0.717) is 5.88 Å². The van der Waals surface area contributed by atoms with Gasteiger partial charge in [0.2, 0.25) is 0 Å². The summed E-state index contributed by atoms with van der Waals surface area (Å²) in [6, 6.07) is 6.22. The van der Waals surface area contributed by atoms with Crippen molar-refractivity contribution in [2.24, 2.45) is 5.41 Å². The molecule has 2 nitrogen and oxygen atoms in total. The first-order chi connectivity index (χ1) is 9.96. The second-order valence-electron chi connectivity index (χ2n) is 6.50. The predicted molar refractivity (Wildman–Crippen MR) is 94.9 cm³/mol. The number of imidazole rings is 1. The van der Waals surface area contributed by atoms with Crippen molar-refractivity contribution >= 4 is 38.6 Å². The van der Waals surface area contributed by atoms with Gasteiger partial charge in [-0.15, -0.1) is 11.6 Å². The van der Waals surface area contributed by atoms with Gasteiger partial charge in [0.15, 0.2) is 0 Å². The second-order valence-corrected chi connectivity index (χ2v) is 7.69. The average Bonchev–Trinajstić information content (AvgIpc) is 2.76. The summed E-state index contributed by atoms with van der Waals surface area (Å²) in [5, 5.41) is 0. The van der Waals surface area contributed by atoms with Crippen molar-refractivity contribution in [3.63, 3.8) is 0 Å². The Morgan fingerprint density at radius 2 is 2.05 bits per heavy atom. The largest absolute Gasteiger partial charge is 0.326 e. The molecule has 4 heteroatoms. The Morgan fingerprint density at radius 1 is 1.29 bits per heavy atom. The summed E-state index contributed by atoms with van der Waals surface area (Å²) >= 11 is 9.66. The molecule has 0 radical (unpaired) electrons. The zero-order chi connectivity index (χ0) is 15.5. The van der Waals surface area contributed by atoms with E-state index in [2.05, 4.69) is 58.4 Å². The molecule has 0 saturated heterocycles. The molecule has 21 heavy (non-hydrogen) atoms. The summed E-state index contributed by atoms with van der Waals surface area (Å²) in [5.74, 6) is 1.42. The van der Waals surface area contributed by atoms with E-state index in [0.717, 1.165) is 22.4 Å². The lowest BCUT2D eigenvalue weighted by atomic mass is 9.86. The minimum atomic E-state index is 0.256. The van der Waals surface area contributed by atoms with Gasteiger partial charge in [0.25, 0.3) is 0 Å². The third-order valence-electron chi connectivity index (χ3n) is 3.95. The van der Waals surface area contributed by atoms with Gasteiger partial charge >= 0.3 is 0 Å². The number of hydrogen-bond acceptors (Lipinski definition) is 1. The minimum absolute atomic E-state index is 0.256. The predicted octanol–water partition coefficient (Wildman–Crippen LogP) is 6.14. The molecular formula is C17H24BrClN2. The molecule has 0 aliphatic heterocycles. The Labute approximate surface area is 141 Å². The lowest BCUT2D eigenvalue weighted by molar-refractivity contribution is 0.272. The molecule has 0 fully saturated rings. The fourth-order valence-electron chi connectivity index (χ4n) is 2.78. The van der Waals surface area contributed by atoms with Gasteiger partial charge in [-0.05, 0) is 30.0 Å². The van der Waals surface area contributed by atoms with E-state index in [1.165, 1.54) is 31.2 Å². The van der Waals surface area contributed by atoms with Crippen molar-refractivity contribution in [3.05, 3.63) is 28.5 Å². The fourth-order valence-corrected chi connectivity index (χ4v) is 3.34. The molecule has 0 atom stereocenters. The van der Waals surface area contributed by atoms with E-state index in [1.54, 1.807) is 0 Å². The Morgan fingerprint density at radius 3 is 2.71 bits per heavy atom. The maximum absolute atomic E-state index is 6.10. The van der Waals surface area contributed by atoms with Crippen LogP contribution in [-0.2, 0) is 12.4 Å². The molecule has 0 unspecified atom stereocenters. The molecule has 0 spiro atoms. The summed E-state index contributed by atoms with van der Waals surface area (Å²) < 4.78 is 3.38. The number of rotatable bonds is 7. The molecule has 0 amide bonds. The van der Waals surface area contributed by atoms with Crippen LogP contribution < -0.4 is 0 Å². The Balaban J connectivity index is 2.29. The molecular weight excluding hydrogens is 348 g/mol. The highest BCUT2D eigenvalue weighted by molar-refractivity contribution is 9.10. The van der Waals surface area contributed by atoms with Gasteiger partial charge in [-0.25, -0.2) is 4.98 Å². The van der Waals surface area contributed by atoms with Crippen molar-refractivity contribution < 1.29 is 0 Å². The van der Waals surface area contributed by atoms with Gasteiger partial charge in [0.1, 0.15) is 5.82 Å². The monoisotopic (exact) mass is 370 g/mol. The van der Waals surface area contributed by atoms with E-state index in [-0.39, 0.29) is 5.41 Å². The highest BCUT2D eigenvalue weighted by atomic mass is 79.9. The highest BCUT2D eigenvalue weighted by Gasteiger charge is 2.21. The molecule has 0 bridgehead atoms. The maximum Gasteiger partial charge on any atom is 0.124 e. The first-order valence-electron chi connectivity index (χ1n) is 7.67. The summed E-state index contributed by atoms with van der Waals surface area (Å²) in [7, 11) is 0. The van der Waals surface area contributed by atoms with Crippen LogP contribution in [0.4, 0.5) is 0 Å². The summed E-state index contributed by atoms with van der Waals surface area (Å²) in [5.41, 5.74) is 2.45. The lowest BCUT2D eigenvalue weighted by Crippen LogP contribution is -2.21. The van der Waals surface area contributed by atoms with E-state index < -0.39 is 0 Å². The number of benzene rings is 1. The molecule has 0 N–H and O–H groups in total. The number of hydrogen-bond donors (Lipinski definition) is 0. The number of alkyl halides is 1. The van der Waals surface area contributed by atoms with Gasteiger partial charge in [0, 0.05) is 11.0 Å². The Hall–Kier alpha value is -0.540. The minimum Gasteiger partial charge on any atom is -0.326 e. The van der Waals surface area contributed by atoms with Gasteiger partial charge < -0.3 is 4.57 Å². The molecule has 0 aliphatic rings. The van der Waals surface area contributed by atoms with Crippen LogP contribution in [0.5, 0.6) is 0 Å². The van der Waals surface area contributed by atoms with Crippen LogP contribution in [0.25, 0.3) is 11.0 Å². The second kappa shape index (κ2) is 7.15. The molecule has 116 valence electrons.